The lowest BCUT2D eigenvalue weighted by atomic mass is 10.2. The van der Waals surface area contributed by atoms with Gasteiger partial charge in [-0.25, -0.2) is 9.59 Å². The molecule has 0 aromatic rings. The summed E-state index contributed by atoms with van der Waals surface area (Å²) in [6.45, 7) is 10.7. The maximum atomic E-state index is 12.2. The predicted molar refractivity (Wildman–Crippen MR) is 83.4 cm³/mol. The fraction of sp³-hybridized carbons (Fsp3) is 0.714. The zero-order valence-electron chi connectivity index (χ0n) is 12.8. The number of ether oxygens (including phenoxy) is 1. The number of nitrogens with zero attached hydrogens (tertiary/aromatic N) is 1. The summed E-state index contributed by atoms with van der Waals surface area (Å²) in [7, 11) is 0. The second-order valence-corrected chi connectivity index (χ2v) is 6.62. The largest absolute Gasteiger partial charge is 0.480 e. The van der Waals surface area contributed by atoms with Gasteiger partial charge in [-0.15, -0.1) is 11.8 Å². The first-order valence-electron chi connectivity index (χ1n) is 6.97. The van der Waals surface area contributed by atoms with Crippen LogP contribution in [0.4, 0.5) is 4.79 Å². The number of aliphatic carboxylic acids is 1. The normalized spacial score (nSPS) is 21.6. The zero-order valence-corrected chi connectivity index (χ0v) is 13.6. The zero-order chi connectivity index (χ0) is 16.0. The van der Waals surface area contributed by atoms with Gasteiger partial charge in [0.05, 0.1) is 18.6 Å². The molecule has 0 spiro atoms. The van der Waals surface area contributed by atoms with Gasteiger partial charge in [0.1, 0.15) is 6.04 Å². The number of carboxylic acids is 1. The van der Waals surface area contributed by atoms with E-state index in [1.54, 1.807) is 0 Å². The number of carbonyl (C=O) groups is 2. The second kappa shape index (κ2) is 8.29. The minimum atomic E-state index is -0.959. The second-order valence-electron chi connectivity index (χ2n) is 5.47. The van der Waals surface area contributed by atoms with Crippen LogP contribution < -0.4 is 5.32 Å². The van der Waals surface area contributed by atoms with Gasteiger partial charge in [-0.2, -0.15) is 0 Å². The van der Waals surface area contributed by atoms with Gasteiger partial charge in [-0.1, -0.05) is 26.0 Å². The highest BCUT2D eigenvalue weighted by Gasteiger charge is 2.42. The van der Waals surface area contributed by atoms with Crippen molar-refractivity contribution in [2.24, 2.45) is 5.92 Å². The van der Waals surface area contributed by atoms with Crippen LogP contribution in [-0.4, -0.2) is 58.9 Å². The number of carboxylic acid groups (broad SMARTS) is 1. The summed E-state index contributed by atoms with van der Waals surface area (Å²) in [6.07, 6.45) is 0. The Morgan fingerprint density at radius 2 is 2.19 bits per heavy atom. The van der Waals surface area contributed by atoms with Gasteiger partial charge in [0.25, 0.3) is 0 Å². The lowest BCUT2D eigenvalue weighted by Gasteiger charge is -2.29. The summed E-state index contributed by atoms with van der Waals surface area (Å²) >= 11 is 1.51. The average Bonchev–Trinajstić information content (AvgIpc) is 2.82. The number of amides is 2. The summed E-state index contributed by atoms with van der Waals surface area (Å²) in [5.41, 5.74) is 0.920. The van der Waals surface area contributed by atoms with Gasteiger partial charge in [-0.3, -0.25) is 4.90 Å². The van der Waals surface area contributed by atoms with Crippen molar-refractivity contribution < 1.29 is 19.4 Å². The standard InChI is InChI=1S/C14H24N2O4S/c1-9(2)7-20-6-5-15-14(19)16-11(13(17)18)8-21-12(16)10(3)4/h10-12H,1,5-8H2,2-4H3,(H,15,19)(H,17,18). The Bertz CT molecular complexity index is 400. The van der Waals surface area contributed by atoms with Crippen LogP contribution in [0.2, 0.25) is 0 Å². The fourth-order valence-corrected chi connectivity index (χ4v) is 3.53. The summed E-state index contributed by atoms with van der Waals surface area (Å²) < 4.78 is 5.30. The molecule has 2 amide bonds. The molecule has 2 unspecified atom stereocenters. The first-order chi connectivity index (χ1) is 9.84. The fourth-order valence-electron chi connectivity index (χ4n) is 2.06. The van der Waals surface area contributed by atoms with E-state index in [0.717, 1.165) is 5.57 Å². The van der Waals surface area contributed by atoms with E-state index in [4.69, 9.17) is 4.74 Å². The quantitative estimate of drug-likeness (QED) is 0.553. The maximum Gasteiger partial charge on any atom is 0.327 e. The average molecular weight is 316 g/mol. The molecule has 1 saturated heterocycles. The molecule has 0 aromatic carbocycles. The molecule has 1 fully saturated rings. The highest BCUT2D eigenvalue weighted by molar-refractivity contribution is 8.00. The van der Waals surface area contributed by atoms with Crippen molar-refractivity contribution in [2.45, 2.75) is 32.2 Å². The molecule has 1 rings (SSSR count). The molecule has 1 aliphatic rings. The highest BCUT2D eigenvalue weighted by atomic mass is 32.2. The molecule has 1 heterocycles. The summed E-state index contributed by atoms with van der Waals surface area (Å²) in [5.74, 6) is -0.332. The number of hydrogen-bond donors (Lipinski definition) is 2. The van der Waals surface area contributed by atoms with Crippen molar-refractivity contribution >= 4 is 23.8 Å². The minimum Gasteiger partial charge on any atom is -0.480 e. The van der Waals surface area contributed by atoms with Gasteiger partial charge >= 0.3 is 12.0 Å². The van der Waals surface area contributed by atoms with E-state index < -0.39 is 12.0 Å². The number of carbonyl (C=O) groups excluding carboxylic acids is 1. The summed E-state index contributed by atoms with van der Waals surface area (Å²) in [4.78, 5) is 24.9. The molecule has 0 saturated carbocycles. The van der Waals surface area contributed by atoms with Crippen LogP contribution in [0, 0.1) is 5.92 Å². The molecular weight excluding hydrogens is 292 g/mol. The van der Waals surface area contributed by atoms with Crippen LogP contribution in [0.15, 0.2) is 12.2 Å². The maximum absolute atomic E-state index is 12.2. The molecule has 7 heteroatoms. The minimum absolute atomic E-state index is 0.109. The third-order valence-corrected chi connectivity index (χ3v) is 4.62. The molecule has 21 heavy (non-hydrogen) atoms. The van der Waals surface area contributed by atoms with Crippen LogP contribution in [-0.2, 0) is 9.53 Å². The Morgan fingerprint density at radius 3 is 2.71 bits per heavy atom. The predicted octanol–water partition coefficient (Wildman–Crippen LogP) is 1.77. The Morgan fingerprint density at radius 1 is 1.52 bits per heavy atom. The SMILES string of the molecule is C=C(C)COCCNC(=O)N1C(C(=O)O)CSC1C(C)C. The molecule has 0 aromatic heterocycles. The molecule has 1 aliphatic heterocycles. The van der Waals surface area contributed by atoms with Crippen molar-refractivity contribution in [3.05, 3.63) is 12.2 Å². The van der Waals surface area contributed by atoms with Crippen molar-refractivity contribution in [3.8, 4) is 0 Å². The van der Waals surface area contributed by atoms with E-state index in [1.807, 2.05) is 20.8 Å². The Hall–Kier alpha value is -1.21. The van der Waals surface area contributed by atoms with E-state index in [1.165, 1.54) is 16.7 Å². The van der Waals surface area contributed by atoms with Crippen LogP contribution in [0.3, 0.4) is 0 Å². The van der Waals surface area contributed by atoms with Gasteiger partial charge in [-0.05, 0) is 12.8 Å². The van der Waals surface area contributed by atoms with E-state index >= 15 is 0 Å². The molecule has 0 aliphatic carbocycles. The third-order valence-electron chi connectivity index (χ3n) is 3.00. The van der Waals surface area contributed by atoms with Gasteiger partial charge in [0.2, 0.25) is 0 Å². The van der Waals surface area contributed by atoms with Crippen LogP contribution in [0.25, 0.3) is 0 Å². The van der Waals surface area contributed by atoms with Crippen LogP contribution in [0.5, 0.6) is 0 Å². The Balaban J connectivity index is 2.51. The third kappa shape index (κ3) is 5.24. The number of hydrogen-bond acceptors (Lipinski definition) is 4. The van der Waals surface area contributed by atoms with Gasteiger partial charge in [0, 0.05) is 12.3 Å². The van der Waals surface area contributed by atoms with Crippen molar-refractivity contribution in [2.75, 3.05) is 25.5 Å². The van der Waals surface area contributed by atoms with Crippen LogP contribution >= 0.6 is 11.8 Å². The molecule has 2 N–H and O–H groups in total. The van der Waals surface area contributed by atoms with Crippen molar-refractivity contribution in [1.29, 1.82) is 0 Å². The number of urea groups is 1. The summed E-state index contributed by atoms with van der Waals surface area (Å²) in [6, 6.07) is -1.11. The molecular formula is C14H24N2O4S. The lowest BCUT2D eigenvalue weighted by Crippen LogP contribution is -2.51. The lowest BCUT2D eigenvalue weighted by molar-refractivity contribution is -0.141. The first-order valence-corrected chi connectivity index (χ1v) is 8.02. The summed E-state index contributed by atoms with van der Waals surface area (Å²) in [5, 5.41) is 11.8. The van der Waals surface area contributed by atoms with E-state index in [-0.39, 0.29) is 17.3 Å². The Kier molecular flexibility index (Phi) is 7.04. The van der Waals surface area contributed by atoms with Gasteiger partial charge < -0.3 is 15.2 Å². The van der Waals surface area contributed by atoms with E-state index in [2.05, 4.69) is 11.9 Å². The van der Waals surface area contributed by atoms with Gasteiger partial charge in [0.15, 0.2) is 0 Å². The topological polar surface area (TPSA) is 78.9 Å². The first kappa shape index (κ1) is 17.8. The molecule has 0 radical (unpaired) electrons. The molecule has 120 valence electrons. The number of nitrogens with one attached hydrogen (secondary N) is 1. The Labute approximate surface area is 129 Å². The number of thioether (sulfide) groups is 1. The van der Waals surface area contributed by atoms with Crippen molar-refractivity contribution in [1.82, 2.24) is 10.2 Å². The molecule has 0 bridgehead atoms. The van der Waals surface area contributed by atoms with Crippen molar-refractivity contribution in [3.63, 3.8) is 0 Å². The smallest absolute Gasteiger partial charge is 0.327 e. The van der Waals surface area contributed by atoms with E-state index in [9.17, 15) is 14.7 Å². The number of rotatable bonds is 7. The van der Waals surface area contributed by atoms with Crippen LogP contribution in [0.1, 0.15) is 20.8 Å². The molecule has 2 atom stereocenters. The van der Waals surface area contributed by atoms with E-state index in [0.29, 0.717) is 25.5 Å². The molecule has 6 nitrogen and oxygen atoms in total. The monoisotopic (exact) mass is 316 g/mol. The highest BCUT2D eigenvalue weighted by Crippen LogP contribution is 2.33.